The predicted octanol–water partition coefficient (Wildman–Crippen LogP) is 5.77. The largest absolute Gasteiger partial charge is 0.492 e. The zero-order valence-electron chi connectivity index (χ0n) is 19.1. The van der Waals surface area contributed by atoms with Crippen molar-refractivity contribution in [3.05, 3.63) is 72.0 Å². The van der Waals surface area contributed by atoms with Gasteiger partial charge in [-0.05, 0) is 66.6 Å². The Morgan fingerprint density at radius 1 is 1.00 bits per heavy atom. The van der Waals surface area contributed by atoms with Crippen LogP contribution in [-0.4, -0.2) is 44.6 Å². The Bertz CT molecular complexity index is 1140. The minimum absolute atomic E-state index is 0.219. The first-order valence-corrected chi connectivity index (χ1v) is 12.3. The summed E-state index contributed by atoms with van der Waals surface area (Å²) < 4.78 is 16.6. The number of hydrogen-bond acceptors (Lipinski definition) is 6. The highest BCUT2D eigenvalue weighted by Gasteiger charge is 2.16. The topological polar surface area (TPSA) is 48.0 Å². The van der Waals surface area contributed by atoms with Gasteiger partial charge < -0.3 is 19.1 Å². The van der Waals surface area contributed by atoms with Crippen molar-refractivity contribution < 1.29 is 19.0 Å². The van der Waals surface area contributed by atoms with Crippen LogP contribution in [0.2, 0.25) is 0 Å². The Morgan fingerprint density at radius 2 is 1.79 bits per heavy atom. The molecule has 33 heavy (non-hydrogen) atoms. The summed E-state index contributed by atoms with van der Waals surface area (Å²) in [4.78, 5) is 15.8. The standard InChI is InChI=1S/C27H29NO4S/c1-3-30-25(27(29)31-4-2)18-20-9-10-22-19-23(12-11-21(22)17-20)32-15-13-28-14-16-33-26-8-6-5-7-24(26)28/h5-12,17-19H,3-4,13-16H2,1-2H3/b25-18-. The third-order valence-corrected chi connectivity index (χ3v) is 6.41. The third kappa shape index (κ3) is 5.82. The fourth-order valence-corrected chi connectivity index (χ4v) is 4.87. The first-order valence-electron chi connectivity index (χ1n) is 11.3. The lowest BCUT2D eigenvalue weighted by Gasteiger charge is -2.30. The van der Waals surface area contributed by atoms with Gasteiger partial charge in [-0.1, -0.05) is 30.3 Å². The van der Waals surface area contributed by atoms with E-state index in [2.05, 4.69) is 35.2 Å². The summed E-state index contributed by atoms with van der Waals surface area (Å²) in [6.45, 7) is 6.86. The average Bonchev–Trinajstić information content (AvgIpc) is 2.84. The van der Waals surface area contributed by atoms with Gasteiger partial charge in [-0.2, -0.15) is 0 Å². The molecule has 0 spiro atoms. The van der Waals surface area contributed by atoms with Gasteiger partial charge in [0.25, 0.3) is 0 Å². The SMILES string of the molecule is CCOC(=O)/C(=C/c1ccc2cc(OCCN3CCSc4ccccc43)ccc2c1)OCC. The molecular formula is C27H29NO4S. The Balaban J connectivity index is 1.42. The number of thioether (sulfide) groups is 1. The number of carbonyl (C=O) groups is 1. The number of hydrogen-bond donors (Lipinski definition) is 0. The molecule has 1 heterocycles. The van der Waals surface area contributed by atoms with Gasteiger partial charge in [0, 0.05) is 17.2 Å². The van der Waals surface area contributed by atoms with Gasteiger partial charge in [0.15, 0.2) is 0 Å². The molecule has 0 atom stereocenters. The maximum Gasteiger partial charge on any atom is 0.373 e. The number of fused-ring (bicyclic) bond motifs is 2. The zero-order chi connectivity index (χ0) is 23.0. The summed E-state index contributed by atoms with van der Waals surface area (Å²) >= 11 is 1.91. The van der Waals surface area contributed by atoms with Gasteiger partial charge in [0.1, 0.15) is 12.4 Å². The van der Waals surface area contributed by atoms with Crippen LogP contribution in [0.3, 0.4) is 0 Å². The smallest absolute Gasteiger partial charge is 0.373 e. The van der Waals surface area contributed by atoms with E-state index < -0.39 is 5.97 Å². The molecule has 0 amide bonds. The molecule has 0 fully saturated rings. The van der Waals surface area contributed by atoms with Crippen molar-refractivity contribution in [1.29, 1.82) is 0 Å². The van der Waals surface area contributed by atoms with E-state index in [4.69, 9.17) is 14.2 Å². The summed E-state index contributed by atoms with van der Waals surface area (Å²) in [7, 11) is 0. The second-order valence-corrected chi connectivity index (χ2v) is 8.72. The summed E-state index contributed by atoms with van der Waals surface area (Å²) in [5.74, 6) is 1.73. The van der Waals surface area contributed by atoms with Crippen LogP contribution in [0.5, 0.6) is 5.75 Å². The van der Waals surface area contributed by atoms with Crippen molar-refractivity contribution in [2.75, 3.05) is 43.6 Å². The van der Waals surface area contributed by atoms with E-state index in [0.717, 1.165) is 40.9 Å². The molecule has 1 aliphatic rings. The minimum Gasteiger partial charge on any atom is -0.492 e. The number of esters is 1. The number of rotatable bonds is 9. The van der Waals surface area contributed by atoms with E-state index >= 15 is 0 Å². The molecule has 3 aromatic rings. The number of benzene rings is 3. The highest BCUT2D eigenvalue weighted by molar-refractivity contribution is 7.99. The highest BCUT2D eigenvalue weighted by Crippen LogP contribution is 2.34. The monoisotopic (exact) mass is 463 g/mol. The average molecular weight is 464 g/mol. The van der Waals surface area contributed by atoms with E-state index in [1.54, 1.807) is 13.0 Å². The first kappa shape index (κ1) is 23.1. The Hall–Kier alpha value is -3.12. The van der Waals surface area contributed by atoms with Crippen LogP contribution in [0.4, 0.5) is 5.69 Å². The van der Waals surface area contributed by atoms with Gasteiger partial charge >= 0.3 is 5.97 Å². The van der Waals surface area contributed by atoms with Crippen LogP contribution in [0.1, 0.15) is 19.4 Å². The molecule has 6 heteroatoms. The number of nitrogens with zero attached hydrogens (tertiary/aromatic N) is 1. The third-order valence-electron chi connectivity index (χ3n) is 5.36. The van der Waals surface area contributed by atoms with Crippen molar-refractivity contribution in [1.82, 2.24) is 0 Å². The lowest BCUT2D eigenvalue weighted by atomic mass is 10.1. The summed E-state index contributed by atoms with van der Waals surface area (Å²) in [5, 5.41) is 2.15. The summed E-state index contributed by atoms with van der Waals surface area (Å²) in [6.07, 6.45) is 1.72. The molecule has 0 aromatic heterocycles. The van der Waals surface area contributed by atoms with Crippen LogP contribution < -0.4 is 9.64 Å². The molecule has 1 aliphatic heterocycles. The maximum atomic E-state index is 12.1. The van der Waals surface area contributed by atoms with Crippen LogP contribution in [0, 0.1) is 0 Å². The number of carbonyl (C=O) groups excluding carboxylic acids is 1. The fourth-order valence-electron chi connectivity index (χ4n) is 3.82. The van der Waals surface area contributed by atoms with E-state index in [-0.39, 0.29) is 5.76 Å². The van der Waals surface area contributed by atoms with E-state index in [9.17, 15) is 4.79 Å². The number of anilines is 1. The second-order valence-electron chi connectivity index (χ2n) is 7.58. The van der Waals surface area contributed by atoms with Crippen molar-refractivity contribution >= 4 is 40.3 Å². The fraction of sp³-hybridized carbons (Fsp3) is 0.296. The van der Waals surface area contributed by atoms with Crippen molar-refractivity contribution in [3.63, 3.8) is 0 Å². The Kier molecular flexibility index (Phi) is 7.79. The van der Waals surface area contributed by atoms with Crippen molar-refractivity contribution in [2.24, 2.45) is 0 Å². The molecule has 0 radical (unpaired) electrons. The van der Waals surface area contributed by atoms with Gasteiger partial charge in [0.2, 0.25) is 5.76 Å². The van der Waals surface area contributed by atoms with E-state index in [1.807, 2.05) is 49.0 Å². The lowest BCUT2D eigenvalue weighted by molar-refractivity contribution is -0.142. The number of para-hydroxylation sites is 1. The molecule has 172 valence electrons. The van der Waals surface area contributed by atoms with Crippen molar-refractivity contribution in [3.8, 4) is 5.75 Å². The lowest BCUT2D eigenvalue weighted by Crippen LogP contribution is -2.33. The molecular weight excluding hydrogens is 434 g/mol. The van der Waals surface area contributed by atoms with Gasteiger partial charge in [-0.15, -0.1) is 11.8 Å². The van der Waals surface area contributed by atoms with Crippen LogP contribution >= 0.6 is 11.8 Å². The summed E-state index contributed by atoms with van der Waals surface area (Å²) in [6, 6.07) is 20.7. The molecule has 0 unspecified atom stereocenters. The normalized spacial score (nSPS) is 13.5. The van der Waals surface area contributed by atoms with Crippen LogP contribution in [0.25, 0.3) is 16.8 Å². The van der Waals surface area contributed by atoms with Gasteiger partial charge in [-0.25, -0.2) is 4.79 Å². The molecule has 5 nitrogen and oxygen atoms in total. The molecule has 0 N–H and O–H groups in total. The van der Waals surface area contributed by atoms with Crippen LogP contribution in [-0.2, 0) is 14.3 Å². The molecule has 0 saturated carbocycles. The van der Waals surface area contributed by atoms with Gasteiger partial charge in [0.05, 0.1) is 25.4 Å². The molecule has 0 bridgehead atoms. The highest BCUT2D eigenvalue weighted by atomic mass is 32.2. The first-order chi connectivity index (χ1) is 16.2. The zero-order valence-corrected chi connectivity index (χ0v) is 19.9. The summed E-state index contributed by atoms with van der Waals surface area (Å²) in [5.41, 5.74) is 2.18. The maximum absolute atomic E-state index is 12.1. The minimum atomic E-state index is -0.446. The number of ether oxygens (including phenoxy) is 3. The predicted molar refractivity (Wildman–Crippen MR) is 135 cm³/mol. The van der Waals surface area contributed by atoms with Crippen molar-refractivity contribution in [2.45, 2.75) is 18.7 Å². The Labute approximate surface area is 199 Å². The Morgan fingerprint density at radius 3 is 2.64 bits per heavy atom. The van der Waals surface area contributed by atoms with Gasteiger partial charge in [-0.3, -0.25) is 0 Å². The molecule has 0 aliphatic carbocycles. The molecule has 4 rings (SSSR count). The molecule has 0 saturated heterocycles. The van der Waals surface area contributed by atoms with E-state index in [1.165, 1.54) is 10.6 Å². The van der Waals surface area contributed by atoms with E-state index in [0.29, 0.717) is 19.8 Å². The quantitative estimate of drug-likeness (QED) is 0.228. The second kappa shape index (κ2) is 11.1. The molecule has 3 aromatic carbocycles. The van der Waals surface area contributed by atoms with Crippen LogP contribution in [0.15, 0.2) is 71.3 Å².